The zero-order chi connectivity index (χ0) is 11.2. The minimum Gasteiger partial charge on any atom is -0.481 e. The Bertz CT molecular complexity index is 190. The van der Waals surface area contributed by atoms with Crippen molar-refractivity contribution in [2.24, 2.45) is 11.3 Å². The van der Waals surface area contributed by atoms with Crippen molar-refractivity contribution in [3.8, 4) is 0 Å². The molecule has 0 aliphatic carbocycles. The van der Waals surface area contributed by atoms with Crippen molar-refractivity contribution in [3.63, 3.8) is 0 Å². The summed E-state index contributed by atoms with van der Waals surface area (Å²) in [6, 6.07) is 0. The van der Waals surface area contributed by atoms with Gasteiger partial charge in [-0.3, -0.25) is 9.59 Å². The van der Waals surface area contributed by atoms with Gasteiger partial charge in [-0.05, 0) is 6.92 Å². The number of carbonyl (C=O) groups is 2. The molecule has 0 aromatic heterocycles. The standard InChI is InChI=1S/C8H14O3.I2/c1-5(7(10)11)8(3,4)6(2)9;1-2/h5H,1-4H3,(H,10,11);. The number of hydrogen-bond donors (Lipinski definition) is 1. The molecule has 1 N–H and O–H groups in total. The zero-order valence-electron chi connectivity index (χ0n) is 8.10. The normalized spacial score (nSPS) is 12.5. The van der Waals surface area contributed by atoms with Crippen LogP contribution < -0.4 is 0 Å². The summed E-state index contributed by atoms with van der Waals surface area (Å²) < 4.78 is 0. The molecule has 3 nitrogen and oxygen atoms in total. The highest BCUT2D eigenvalue weighted by Gasteiger charge is 2.35. The molecule has 0 saturated carbocycles. The van der Waals surface area contributed by atoms with Crippen molar-refractivity contribution in [2.45, 2.75) is 27.7 Å². The fourth-order valence-corrected chi connectivity index (χ4v) is 0.614. The maximum atomic E-state index is 10.9. The van der Waals surface area contributed by atoms with Gasteiger partial charge in [-0.25, -0.2) is 0 Å². The van der Waals surface area contributed by atoms with Crippen LogP contribution >= 0.6 is 37.2 Å². The lowest BCUT2D eigenvalue weighted by molar-refractivity contribution is -0.149. The Kier molecular flexibility index (Phi) is 8.60. The molecule has 1 atom stereocenters. The second-order valence-electron chi connectivity index (χ2n) is 3.34. The van der Waals surface area contributed by atoms with E-state index in [1.807, 2.05) is 0 Å². The third-order valence-corrected chi connectivity index (χ3v) is 2.36. The quantitative estimate of drug-likeness (QED) is 0.726. The SMILES string of the molecule is CC(=O)C(C)(C)C(C)C(=O)O.II. The number of ketones is 1. The summed E-state index contributed by atoms with van der Waals surface area (Å²) in [5, 5.41) is 8.61. The van der Waals surface area contributed by atoms with Gasteiger partial charge in [0.05, 0.1) is 5.92 Å². The molecule has 0 fully saturated rings. The molecule has 0 aromatic carbocycles. The number of carboxylic acid groups (broad SMARTS) is 1. The van der Waals surface area contributed by atoms with Gasteiger partial charge in [0.2, 0.25) is 0 Å². The lowest BCUT2D eigenvalue weighted by Gasteiger charge is -2.25. The number of carboxylic acids is 1. The minimum atomic E-state index is -0.926. The Hall–Kier alpha value is 0.600. The summed E-state index contributed by atoms with van der Waals surface area (Å²) in [5.41, 5.74) is -0.758. The van der Waals surface area contributed by atoms with Crippen molar-refractivity contribution in [1.29, 1.82) is 0 Å². The van der Waals surface area contributed by atoms with Gasteiger partial charge in [0.1, 0.15) is 5.78 Å². The van der Waals surface area contributed by atoms with Crippen molar-refractivity contribution in [1.82, 2.24) is 0 Å². The first kappa shape index (κ1) is 16.0. The molecular formula is C8H14I2O3. The fourth-order valence-electron chi connectivity index (χ4n) is 0.614. The van der Waals surface area contributed by atoms with Gasteiger partial charge in [-0.1, -0.05) is 20.8 Å². The van der Waals surface area contributed by atoms with E-state index >= 15 is 0 Å². The second kappa shape index (κ2) is 6.97. The molecule has 0 aromatic rings. The molecule has 5 heteroatoms. The molecule has 78 valence electrons. The van der Waals surface area contributed by atoms with Crippen LogP contribution in [-0.4, -0.2) is 16.9 Å². The van der Waals surface area contributed by atoms with Crippen LogP contribution in [0.4, 0.5) is 0 Å². The van der Waals surface area contributed by atoms with E-state index in [-0.39, 0.29) is 5.78 Å². The highest BCUT2D eigenvalue weighted by Crippen LogP contribution is 2.27. The molecule has 0 amide bonds. The van der Waals surface area contributed by atoms with E-state index in [0.29, 0.717) is 0 Å². The number of Topliss-reactive ketones (excluding diaryl/α,β-unsaturated/α-hetero) is 1. The van der Waals surface area contributed by atoms with Crippen LogP contribution in [0.1, 0.15) is 27.7 Å². The number of halogens is 2. The van der Waals surface area contributed by atoms with Crippen molar-refractivity contribution < 1.29 is 14.7 Å². The maximum Gasteiger partial charge on any atom is 0.307 e. The van der Waals surface area contributed by atoms with Gasteiger partial charge in [-0.15, -0.1) is 0 Å². The molecule has 13 heavy (non-hydrogen) atoms. The van der Waals surface area contributed by atoms with Gasteiger partial charge in [0.15, 0.2) is 0 Å². The molecule has 0 aliphatic heterocycles. The van der Waals surface area contributed by atoms with Crippen molar-refractivity contribution in [3.05, 3.63) is 0 Å². The van der Waals surface area contributed by atoms with Gasteiger partial charge in [0, 0.05) is 42.6 Å². The predicted molar refractivity (Wildman–Crippen MR) is 69.3 cm³/mol. The molecule has 0 heterocycles. The van der Waals surface area contributed by atoms with E-state index in [2.05, 4.69) is 37.2 Å². The van der Waals surface area contributed by atoms with E-state index in [4.69, 9.17) is 5.11 Å². The van der Waals surface area contributed by atoms with E-state index in [1.165, 1.54) is 6.92 Å². The van der Waals surface area contributed by atoms with Crippen LogP contribution in [0.5, 0.6) is 0 Å². The average molecular weight is 412 g/mol. The van der Waals surface area contributed by atoms with Crippen LogP contribution in [0, 0.1) is 11.3 Å². The lowest BCUT2D eigenvalue weighted by Crippen LogP contribution is -2.34. The molecule has 0 radical (unpaired) electrons. The summed E-state index contributed by atoms with van der Waals surface area (Å²) in [4.78, 5) is 21.4. The number of rotatable bonds is 3. The Morgan fingerprint density at radius 3 is 1.69 bits per heavy atom. The van der Waals surface area contributed by atoms with Crippen LogP contribution in [0.15, 0.2) is 0 Å². The molecule has 0 rings (SSSR count). The van der Waals surface area contributed by atoms with Gasteiger partial charge in [0.25, 0.3) is 0 Å². The minimum absolute atomic E-state index is 0.0904. The first-order valence-electron chi connectivity index (χ1n) is 3.68. The van der Waals surface area contributed by atoms with Gasteiger partial charge < -0.3 is 5.11 Å². The summed E-state index contributed by atoms with van der Waals surface area (Å²) in [6.07, 6.45) is 0. The summed E-state index contributed by atoms with van der Waals surface area (Å²) >= 11 is 4.24. The second-order valence-corrected chi connectivity index (χ2v) is 3.34. The fraction of sp³-hybridized carbons (Fsp3) is 0.750. The summed E-state index contributed by atoms with van der Waals surface area (Å²) in [5.74, 6) is -1.64. The zero-order valence-corrected chi connectivity index (χ0v) is 12.4. The Balaban J connectivity index is 0. The Morgan fingerprint density at radius 2 is 1.62 bits per heavy atom. The molecule has 1 unspecified atom stereocenters. The van der Waals surface area contributed by atoms with E-state index < -0.39 is 17.3 Å². The largest absolute Gasteiger partial charge is 0.481 e. The van der Waals surface area contributed by atoms with Crippen molar-refractivity contribution in [2.75, 3.05) is 0 Å². The summed E-state index contributed by atoms with van der Waals surface area (Å²) in [7, 11) is 0. The number of aliphatic carboxylic acids is 1. The molecular weight excluding hydrogens is 398 g/mol. The van der Waals surface area contributed by atoms with Gasteiger partial charge in [-0.2, -0.15) is 0 Å². The van der Waals surface area contributed by atoms with Crippen LogP contribution in [0.3, 0.4) is 0 Å². The van der Waals surface area contributed by atoms with Crippen molar-refractivity contribution >= 4 is 49.0 Å². The van der Waals surface area contributed by atoms with Crippen LogP contribution in [-0.2, 0) is 9.59 Å². The predicted octanol–water partition coefficient (Wildman–Crippen LogP) is 3.09. The van der Waals surface area contributed by atoms with Gasteiger partial charge >= 0.3 is 5.97 Å². The smallest absolute Gasteiger partial charge is 0.307 e. The molecule has 0 spiro atoms. The lowest BCUT2D eigenvalue weighted by atomic mass is 9.77. The maximum absolute atomic E-state index is 10.9. The number of hydrogen-bond acceptors (Lipinski definition) is 2. The Morgan fingerprint density at radius 1 is 1.31 bits per heavy atom. The molecule has 0 aliphatic rings. The first-order valence-corrected chi connectivity index (χ1v) is 9.97. The third-order valence-electron chi connectivity index (χ3n) is 2.36. The highest BCUT2D eigenvalue weighted by molar-refractivity contribution is 15.0. The molecule has 0 bridgehead atoms. The Labute approximate surface area is 102 Å². The topological polar surface area (TPSA) is 54.4 Å². The van der Waals surface area contributed by atoms with E-state index in [1.54, 1.807) is 20.8 Å². The first-order chi connectivity index (χ1) is 5.80. The van der Waals surface area contributed by atoms with E-state index in [9.17, 15) is 9.59 Å². The highest BCUT2D eigenvalue weighted by atomic mass is 128. The average Bonchev–Trinajstić information content (AvgIpc) is 2.06. The summed E-state index contributed by atoms with van der Waals surface area (Å²) in [6.45, 7) is 6.26. The van der Waals surface area contributed by atoms with E-state index in [0.717, 1.165) is 0 Å². The van der Waals surface area contributed by atoms with Crippen LogP contribution in [0.25, 0.3) is 0 Å². The van der Waals surface area contributed by atoms with Crippen LogP contribution in [0.2, 0.25) is 0 Å². The molecule has 0 saturated heterocycles. The monoisotopic (exact) mass is 412 g/mol. The number of carbonyl (C=O) groups excluding carboxylic acids is 1. The third kappa shape index (κ3) is 5.14.